The lowest BCUT2D eigenvalue weighted by Gasteiger charge is -2.13. The van der Waals surface area contributed by atoms with Crippen LogP contribution in [0.1, 0.15) is 19.2 Å². The van der Waals surface area contributed by atoms with Crippen LogP contribution in [0.4, 0.5) is 4.79 Å². The Labute approximate surface area is 131 Å². The molecule has 0 saturated carbocycles. The second-order valence-electron chi connectivity index (χ2n) is 5.00. The molecule has 1 fully saturated rings. The van der Waals surface area contributed by atoms with Crippen molar-refractivity contribution < 1.29 is 24.2 Å². The Balaban J connectivity index is 1.78. The summed E-state index contributed by atoms with van der Waals surface area (Å²) in [6, 6.07) is -0.221. The molecule has 1 aromatic rings. The van der Waals surface area contributed by atoms with Crippen molar-refractivity contribution in [3.8, 4) is 0 Å². The predicted molar refractivity (Wildman–Crippen MR) is 74.3 cm³/mol. The molecule has 11 nitrogen and oxygen atoms in total. The minimum atomic E-state index is -0.997. The minimum Gasteiger partial charge on any atom is -0.466 e. The maximum atomic E-state index is 11.9. The average molecular weight is 326 g/mol. The third-order valence-corrected chi connectivity index (χ3v) is 3.21. The van der Waals surface area contributed by atoms with E-state index < -0.39 is 12.1 Å². The molecule has 0 radical (unpaired) electrons. The number of hydrogen-bond donors (Lipinski definition) is 2. The topological polar surface area (TPSA) is 140 Å². The molecule has 2 heterocycles. The van der Waals surface area contributed by atoms with E-state index in [9.17, 15) is 14.4 Å². The van der Waals surface area contributed by atoms with Crippen LogP contribution in [0.15, 0.2) is 0 Å². The van der Waals surface area contributed by atoms with Gasteiger partial charge in [0.2, 0.25) is 5.91 Å². The molecule has 1 aliphatic rings. The maximum absolute atomic E-state index is 11.9. The highest BCUT2D eigenvalue weighted by atomic mass is 16.5. The Kier molecular flexibility index (Phi) is 5.44. The monoisotopic (exact) mass is 326 g/mol. The molecule has 2 rings (SSSR count). The Morgan fingerprint density at radius 3 is 2.87 bits per heavy atom. The van der Waals surface area contributed by atoms with Crippen LogP contribution in [0.25, 0.3) is 0 Å². The first-order valence-electron chi connectivity index (χ1n) is 7.17. The average Bonchev–Trinajstić information content (AvgIpc) is 3.09. The van der Waals surface area contributed by atoms with E-state index in [0.29, 0.717) is 13.0 Å². The first kappa shape index (κ1) is 16.6. The summed E-state index contributed by atoms with van der Waals surface area (Å²) in [5.41, 5.74) is 0. The Morgan fingerprint density at radius 2 is 2.22 bits per heavy atom. The summed E-state index contributed by atoms with van der Waals surface area (Å²) in [7, 11) is 0. The second kappa shape index (κ2) is 7.51. The Hall–Kier alpha value is -2.72. The molecule has 0 aliphatic carbocycles. The highest BCUT2D eigenvalue weighted by Gasteiger charge is 2.27. The van der Waals surface area contributed by atoms with Gasteiger partial charge >= 0.3 is 12.1 Å². The van der Waals surface area contributed by atoms with Crippen LogP contribution in [0.3, 0.4) is 0 Å². The summed E-state index contributed by atoms with van der Waals surface area (Å²) >= 11 is 0. The number of esters is 1. The van der Waals surface area contributed by atoms with E-state index in [-0.39, 0.29) is 43.9 Å². The molecular formula is C12H18N6O5. The Morgan fingerprint density at radius 1 is 1.43 bits per heavy atom. The normalized spacial score (nSPS) is 17.1. The van der Waals surface area contributed by atoms with E-state index in [1.54, 1.807) is 6.92 Å². The fourth-order valence-corrected chi connectivity index (χ4v) is 2.21. The molecule has 126 valence electrons. The molecule has 1 aromatic heterocycles. The van der Waals surface area contributed by atoms with Crippen LogP contribution in [0.2, 0.25) is 0 Å². The summed E-state index contributed by atoms with van der Waals surface area (Å²) in [5.74, 6) is -0.632. The first-order valence-corrected chi connectivity index (χ1v) is 7.17. The standard InChI is InChI=1S/C12H18N6O5/c1-2-23-11(20)5-9-14-16-18(15-9)7-10(19)13-8-3-4-17(6-8)12(21)22/h8H,2-7H2,1H3,(H,13,19)(H,21,22)/t8-/m0/s1. The highest BCUT2D eigenvalue weighted by molar-refractivity contribution is 5.76. The summed E-state index contributed by atoms with van der Waals surface area (Å²) in [4.78, 5) is 36.3. The lowest BCUT2D eigenvalue weighted by atomic mass is 10.2. The number of amides is 2. The van der Waals surface area contributed by atoms with Gasteiger partial charge in [-0.3, -0.25) is 9.59 Å². The molecule has 1 atom stereocenters. The van der Waals surface area contributed by atoms with Crippen molar-refractivity contribution in [3.05, 3.63) is 5.82 Å². The van der Waals surface area contributed by atoms with E-state index in [1.807, 2.05) is 0 Å². The first-order chi connectivity index (χ1) is 11.0. The molecule has 2 amide bonds. The van der Waals surface area contributed by atoms with Crippen LogP contribution >= 0.6 is 0 Å². The van der Waals surface area contributed by atoms with E-state index in [1.165, 1.54) is 4.90 Å². The number of aromatic nitrogens is 4. The Bertz CT molecular complexity index is 588. The van der Waals surface area contributed by atoms with E-state index in [4.69, 9.17) is 9.84 Å². The van der Waals surface area contributed by atoms with Crippen LogP contribution in [0.5, 0.6) is 0 Å². The number of nitrogens with one attached hydrogen (secondary N) is 1. The van der Waals surface area contributed by atoms with Crippen LogP contribution in [0, 0.1) is 0 Å². The third-order valence-electron chi connectivity index (χ3n) is 3.21. The zero-order valence-electron chi connectivity index (χ0n) is 12.6. The summed E-state index contributed by atoms with van der Waals surface area (Å²) < 4.78 is 4.77. The largest absolute Gasteiger partial charge is 0.466 e. The third kappa shape index (κ3) is 4.90. The maximum Gasteiger partial charge on any atom is 0.407 e. The molecule has 2 N–H and O–H groups in total. The number of likely N-dealkylation sites (tertiary alicyclic amines) is 1. The van der Waals surface area contributed by atoms with Gasteiger partial charge in [-0.15, -0.1) is 10.2 Å². The number of carbonyl (C=O) groups is 3. The predicted octanol–water partition coefficient (Wildman–Crippen LogP) is -1.35. The lowest BCUT2D eigenvalue weighted by molar-refractivity contribution is -0.142. The molecular weight excluding hydrogens is 308 g/mol. The molecule has 11 heteroatoms. The van der Waals surface area contributed by atoms with Crippen molar-refractivity contribution in [2.45, 2.75) is 32.4 Å². The van der Waals surface area contributed by atoms with E-state index in [0.717, 1.165) is 4.80 Å². The van der Waals surface area contributed by atoms with Gasteiger partial charge in [-0.1, -0.05) is 0 Å². The van der Waals surface area contributed by atoms with Crippen LogP contribution < -0.4 is 5.32 Å². The summed E-state index contributed by atoms with van der Waals surface area (Å²) in [6.45, 7) is 2.47. The minimum absolute atomic E-state index is 0.106. The number of nitrogens with zero attached hydrogens (tertiary/aromatic N) is 5. The zero-order chi connectivity index (χ0) is 16.8. The second-order valence-corrected chi connectivity index (χ2v) is 5.00. The van der Waals surface area contributed by atoms with Crippen molar-refractivity contribution in [3.63, 3.8) is 0 Å². The van der Waals surface area contributed by atoms with Crippen LogP contribution in [-0.2, 0) is 27.3 Å². The van der Waals surface area contributed by atoms with Crippen LogP contribution in [-0.4, -0.2) is 73.9 Å². The molecule has 0 bridgehead atoms. The lowest BCUT2D eigenvalue weighted by Crippen LogP contribution is -2.40. The van der Waals surface area contributed by atoms with E-state index in [2.05, 4.69) is 20.7 Å². The molecule has 0 aromatic carbocycles. The van der Waals surface area contributed by atoms with Gasteiger partial charge in [-0.2, -0.15) is 4.80 Å². The van der Waals surface area contributed by atoms with Gasteiger partial charge in [0, 0.05) is 19.1 Å². The molecule has 0 unspecified atom stereocenters. The molecule has 1 aliphatic heterocycles. The smallest absolute Gasteiger partial charge is 0.407 e. The van der Waals surface area contributed by atoms with Gasteiger partial charge < -0.3 is 20.1 Å². The fraction of sp³-hybridized carbons (Fsp3) is 0.667. The van der Waals surface area contributed by atoms with E-state index >= 15 is 0 Å². The summed E-state index contributed by atoms with van der Waals surface area (Å²) in [6.07, 6.45) is -0.536. The van der Waals surface area contributed by atoms with Gasteiger partial charge in [-0.25, -0.2) is 4.79 Å². The fourth-order valence-electron chi connectivity index (χ4n) is 2.21. The quantitative estimate of drug-likeness (QED) is 0.611. The van der Waals surface area contributed by atoms with Gasteiger partial charge in [0.1, 0.15) is 13.0 Å². The van der Waals surface area contributed by atoms with Crippen molar-refractivity contribution in [2.24, 2.45) is 0 Å². The number of hydrogen-bond acceptors (Lipinski definition) is 7. The number of rotatable bonds is 6. The highest BCUT2D eigenvalue weighted by Crippen LogP contribution is 2.08. The van der Waals surface area contributed by atoms with Gasteiger partial charge in [0.25, 0.3) is 0 Å². The number of tetrazole rings is 1. The van der Waals surface area contributed by atoms with Gasteiger partial charge in [0.15, 0.2) is 5.82 Å². The number of carbonyl (C=O) groups excluding carboxylic acids is 2. The van der Waals surface area contributed by atoms with Crippen molar-refractivity contribution in [2.75, 3.05) is 19.7 Å². The molecule has 1 saturated heterocycles. The summed E-state index contributed by atoms with van der Waals surface area (Å²) in [5, 5.41) is 22.9. The number of ether oxygens (including phenoxy) is 1. The van der Waals surface area contributed by atoms with Crippen molar-refractivity contribution >= 4 is 18.0 Å². The zero-order valence-corrected chi connectivity index (χ0v) is 12.6. The van der Waals surface area contributed by atoms with Gasteiger partial charge in [0.05, 0.1) is 6.61 Å². The molecule has 23 heavy (non-hydrogen) atoms. The molecule has 0 spiro atoms. The van der Waals surface area contributed by atoms with Crippen molar-refractivity contribution in [1.29, 1.82) is 0 Å². The van der Waals surface area contributed by atoms with Crippen molar-refractivity contribution in [1.82, 2.24) is 30.4 Å². The SMILES string of the molecule is CCOC(=O)Cc1nnn(CC(=O)N[C@H]2CCN(C(=O)O)C2)n1. The number of carboxylic acid groups (broad SMARTS) is 1. The van der Waals surface area contributed by atoms with Gasteiger partial charge in [-0.05, 0) is 18.6 Å².